The van der Waals surface area contributed by atoms with E-state index < -0.39 is 0 Å². The highest BCUT2D eigenvalue weighted by Gasteiger charge is 2.08. The minimum atomic E-state index is 0.307. The molecule has 2 nitrogen and oxygen atoms in total. The van der Waals surface area contributed by atoms with Gasteiger partial charge in [0.25, 0.3) is 0 Å². The zero-order valence-corrected chi connectivity index (χ0v) is 9.47. The predicted octanol–water partition coefficient (Wildman–Crippen LogP) is 3.71. The average Bonchev–Trinajstić information content (AvgIpc) is 2.38. The molecule has 0 amide bonds. The van der Waals surface area contributed by atoms with Crippen LogP contribution < -0.4 is 4.74 Å². The Hall–Kier alpha value is -2.22. The molecule has 0 saturated carbocycles. The van der Waals surface area contributed by atoms with Crippen molar-refractivity contribution in [3.63, 3.8) is 0 Å². The highest BCUT2D eigenvalue weighted by molar-refractivity contribution is 6.12. The van der Waals surface area contributed by atoms with Gasteiger partial charge in [0, 0.05) is 10.8 Å². The van der Waals surface area contributed by atoms with Gasteiger partial charge in [-0.25, -0.2) is 0 Å². The second kappa shape index (κ2) is 3.67. The molecule has 0 aliphatic rings. The summed E-state index contributed by atoms with van der Waals surface area (Å²) in [7, 11) is 1.66. The molecular formula is C15H12O2. The van der Waals surface area contributed by atoms with Crippen molar-refractivity contribution in [2.45, 2.75) is 0 Å². The van der Waals surface area contributed by atoms with Gasteiger partial charge in [0.1, 0.15) is 11.5 Å². The molecule has 0 radical (unpaired) electrons. The first kappa shape index (κ1) is 9.97. The van der Waals surface area contributed by atoms with Crippen LogP contribution in [0.5, 0.6) is 11.5 Å². The molecule has 0 heterocycles. The van der Waals surface area contributed by atoms with Crippen molar-refractivity contribution in [2.24, 2.45) is 0 Å². The Morgan fingerprint density at radius 1 is 0.941 bits per heavy atom. The van der Waals surface area contributed by atoms with E-state index >= 15 is 0 Å². The molecule has 3 aromatic carbocycles. The third kappa shape index (κ3) is 1.41. The lowest BCUT2D eigenvalue weighted by atomic mass is 10.2. The quantitative estimate of drug-likeness (QED) is 0.646. The topological polar surface area (TPSA) is 29.5 Å². The maximum atomic E-state index is 9.99. The summed E-state index contributed by atoms with van der Waals surface area (Å²) in [5.41, 5.74) is 0. The first-order valence-corrected chi connectivity index (χ1v) is 5.48. The van der Waals surface area contributed by atoms with E-state index in [2.05, 4.69) is 0 Å². The average molecular weight is 230 g/mol. The molecule has 3 aromatic rings. The maximum absolute atomic E-state index is 9.99. The van der Waals surface area contributed by atoms with Crippen LogP contribution in [0.15, 0.2) is 48.5 Å². The molecule has 84 valence electrons. The number of benzene rings is 3. The molecule has 0 fully saturated rings. The lowest BCUT2D eigenvalue weighted by Gasteiger charge is -2.10. The zero-order chi connectivity index (χ0) is 11.8. The molecule has 0 aliphatic carbocycles. The van der Waals surface area contributed by atoms with E-state index in [0.29, 0.717) is 5.75 Å². The number of rotatable bonds is 1. The van der Waals surface area contributed by atoms with Crippen LogP contribution in [0.4, 0.5) is 0 Å². The third-order valence-electron chi connectivity index (χ3n) is 3.04. The minimum Gasteiger partial charge on any atom is -0.507 e. The van der Waals surface area contributed by atoms with Crippen molar-refractivity contribution < 1.29 is 9.84 Å². The third-order valence-corrected chi connectivity index (χ3v) is 3.04. The van der Waals surface area contributed by atoms with Crippen LogP contribution in [0.3, 0.4) is 0 Å². The lowest BCUT2D eigenvalue weighted by Crippen LogP contribution is -1.86. The van der Waals surface area contributed by atoms with E-state index in [1.165, 1.54) is 0 Å². The number of hydrogen-bond donors (Lipinski definition) is 1. The monoisotopic (exact) mass is 230 g/mol. The van der Waals surface area contributed by atoms with E-state index in [4.69, 9.17) is 4.74 Å². The highest BCUT2D eigenvalue weighted by Crippen LogP contribution is 2.37. The van der Waals surface area contributed by atoms with Crippen LogP contribution in [0.1, 0.15) is 0 Å². The first-order valence-electron chi connectivity index (χ1n) is 5.48. The Balaban J connectivity index is 2.60. The minimum absolute atomic E-state index is 0.307. The second-order valence-electron chi connectivity index (χ2n) is 4.00. The SMILES string of the molecule is COc1cccc2cc(O)[13c]3[13cH][13cH][13cH][13cH][13c]3c12. The Kier molecular flexibility index (Phi) is 2.15. The van der Waals surface area contributed by atoms with Gasteiger partial charge in [-0.1, -0.05) is 36.4 Å². The van der Waals surface area contributed by atoms with Gasteiger partial charge in [0.05, 0.1) is 7.11 Å². The summed E-state index contributed by atoms with van der Waals surface area (Å²) in [5.74, 6) is 1.14. The summed E-state index contributed by atoms with van der Waals surface area (Å²) < 4.78 is 5.39. The van der Waals surface area contributed by atoms with Crippen LogP contribution in [-0.4, -0.2) is 12.2 Å². The van der Waals surface area contributed by atoms with Crippen LogP contribution in [0.25, 0.3) is 21.5 Å². The molecule has 17 heavy (non-hydrogen) atoms. The van der Waals surface area contributed by atoms with E-state index in [0.717, 1.165) is 27.3 Å². The fourth-order valence-corrected chi connectivity index (χ4v) is 2.28. The second-order valence-corrected chi connectivity index (χ2v) is 4.00. The molecule has 0 saturated heterocycles. The van der Waals surface area contributed by atoms with Crippen molar-refractivity contribution in [3.8, 4) is 11.5 Å². The smallest absolute Gasteiger partial charge is 0.127 e. The van der Waals surface area contributed by atoms with Gasteiger partial charge in [-0.05, 0) is 22.9 Å². The molecular weight excluding hydrogens is 218 g/mol. The Bertz CT molecular complexity index is 702. The summed E-state index contributed by atoms with van der Waals surface area (Å²) in [5, 5.41) is 13.9. The van der Waals surface area contributed by atoms with E-state index in [-0.39, 0.29) is 0 Å². The van der Waals surface area contributed by atoms with Crippen molar-refractivity contribution in [3.05, 3.63) is 48.5 Å². The summed E-state index contributed by atoms with van der Waals surface area (Å²) in [4.78, 5) is 0. The Morgan fingerprint density at radius 3 is 2.47 bits per heavy atom. The zero-order valence-electron chi connectivity index (χ0n) is 9.47. The number of methoxy groups -OCH3 is 1. The Labute approximate surface area is 99.1 Å². The fraction of sp³-hybridized carbons (Fsp3) is 0.0667. The van der Waals surface area contributed by atoms with Gasteiger partial charge in [-0.15, -0.1) is 0 Å². The molecule has 0 aromatic heterocycles. The maximum Gasteiger partial charge on any atom is 0.127 e. The molecule has 0 unspecified atom stereocenters. The predicted molar refractivity (Wildman–Crippen MR) is 69.7 cm³/mol. The molecule has 1 N–H and O–H groups in total. The normalized spacial score (nSPS) is 10.9. The lowest BCUT2D eigenvalue weighted by molar-refractivity contribution is 0.420. The molecule has 0 bridgehead atoms. The standard InChI is InChI=1S/C15H12O2/c1-17-14-8-4-5-10-9-13(16)11-6-2-3-7-12(11)15(10)14/h2-9,16H,1H3/i2+1,3+1,6+1,7+1,11+1,12+1. The van der Waals surface area contributed by atoms with Crippen LogP contribution >= 0.6 is 0 Å². The van der Waals surface area contributed by atoms with E-state index in [1.807, 2.05) is 42.5 Å². The van der Waals surface area contributed by atoms with Crippen LogP contribution in [0, 0.1) is 0 Å². The highest BCUT2D eigenvalue weighted by atomic mass is 16.5. The number of phenolic OH excluding ortho intramolecular Hbond substituents is 1. The van der Waals surface area contributed by atoms with Gasteiger partial charge in [0.2, 0.25) is 0 Å². The van der Waals surface area contributed by atoms with Gasteiger partial charge >= 0.3 is 0 Å². The summed E-state index contributed by atoms with van der Waals surface area (Å²) in [6.45, 7) is 0. The number of ether oxygens (including phenoxy) is 1. The molecule has 2 heteroatoms. The van der Waals surface area contributed by atoms with Gasteiger partial charge in [0.15, 0.2) is 0 Å². The molecule has 3 rings (SSSR count). The first-order chi connectivity index (χ1) is 8.31. The van der Waals surface area contributed by atoms with Gasteiger partial charge in [-0.2, -0.15) is 0 Å². The summed E-state index contributed by atoms with van der Waals surface area (Å²) in [6, 6.07) is 15.4. The number of aromatic hydroxyl groups is 1. The Morgan fingerprint density at radius 2 is 1.71 bits per heavy atom. The van der Waals surface area contributed by atoms with Crippen LogP contribution in [0.2, 0.25) is 0 Å². The van der Waals surface area contributed by atoms with Crippen molar-refractivity contribution in [2.75, 3.05) is 7.11 Å². The van der Waals surface area contributed by atoms with Crippen molar-refractivity contribution in [1.82, 2.24) is 0 Å². The summed E-state index contributed by atoms with van der Waals surface area (Å²) in [6.07, 6.45) is 0. The number of fused-ring (bicyclic) bond motifs is 3. The summed E-state index contributed by atoms with van der Waals surface area (Å²) >= 11 is 0. The van der Waals surface area contributed by atoms with E-state index in [9.17, 15) is 5.11 Å². The van der Waals surface area contributed by atoms with Crippen LogP contribution in [-0.2, 0) is 0 Å². The molecule has 0 aliphatic heterocycles. The van der Waals surface area contributed by atoms with E-state index in [1.54, 1.807) is 13.2 Å². The van der Waals surface area contributed by atoms with Crippen molar-refractivity contribution in [1.29, 1.82) is 0 Å². The van der Waals surface area contributed by atoms with Gasteiger partial charge < -0.3 is 9.84 Å². The van der Waals surface area contributed by atoms with Gasteiger partial charge in [-0.3, -0.25) is 0 Å². The number of phenols is 1. The molecule has 0 atom stereocenters. The van der Waals surface area contributed by atoms with Crippen molar-refractivity contribution >= 4 is 21.5 Å². The molecule has 0 spiro atoms. The largest absolute Gasteiger partial charge is 0.507 e. The fourth-order valence-electron chi connectivity index (χ4n) is 2.28. The number of hydrogen-bond acceptors (Lipinski definition) is 2.